The van der Waals surface area contributed by atoms with Gasteiger partial charge in [0.15, 0.2) is 0 Å². The third-order valence-corrected chi connectivity index (χ3v) is 4.43. The van der Waals surface area contributed by atoms with Crippen LogP contribution in [0.5, 0.6) is 0 Å². The quantitative estimate of drug-likeness (QED) is 0.227. The van der Waals surface area contributed by atoms with Gasteiger partial charge in [0.1, 0.15) is 19.3 Å². The van der Waals surface area contributed by atoms with Gasteiger partial charge in [-0.15, -0.1) is 0 Å². The lowest BCUT2D eigenvalue weighted by molar-refractivity contribution is -0.118. The highest BCUT2D eigenvalue weighted by Gasteiger charge is 2.22. The number of nitrogens with zero attached hydrogens (tertiary/aromatic N) is 2. The second-order valence-corrected chi connectivity index (χ2v) is 6.89. The highest BCUT2D eigenvalue weighted by atomic mass is 16.6. The Labute approximate surface area is 186 Å². The summed E-state index contributed by atoms with van der Waals surface area (Å²) in [4.78, 5) is 38.6. The fraction of sp³-hybridized carbons (Fsp3) is 0.304. The van der Waals surface area contributed by atoms with E-state index in [1.54, 1.807) is 0 Å². The number of carbonyl (C=O) groups excluding carboxylic acids is 3. The summed E-state index contributed by atoms with van der Waals surface area (Å²) in [6.45, 7) is 0.594. The third-order valence-electron chi connectivity index (χ3n) is 4.43. The molecule has 168 valence electrons. The molecule has 2 rings (SSSR count). The standard InChI is InChI=1S/C23H26N4O5/c24-26-15-21(28)20(27-23(30)32-17-19-11-5-2-6-12-19)13-7-8-14-25-22(29)31-16-18-9-3-1-4-10-18/h1-6,9-12,15,20H,7-8,13-14,16-17H2,(H,25,29)(H,27,30)/t20-/m0/s1. The first-order valence-electron chi connectivity index (χ1n) is 10.2. The minimum atomic E-state index is -0.904. The first-order chi connectivity index (χ1) is 15.6. The summed E-state index contributed by atoms with van der Waals surface area (Å²) in [5, 5.41) is 5.12. The zero-order chi connectivity index (χ0) is 23.0. The summed E-state index contributed by atoms with van der Waals surface area (Å²) >= 11 is 0. The van der Waals surface area contributed by atoms with E-state index in [0.29, 0.717) is 19.4 Å². The minimum absolute atomic E-state index is 0.0662. The number of ether oxygens (including phenoxy) is 2. The smallest absolute Gasteiger partial charge is 0.408 e. The van der Waals surface area contributed by atoms with Gasteiger partial charge in [0, 0.05) is 6.54 Å². The van der Waals surface area contributed by atoms with Crippen LogP contribution >= 0.6 is 0 Å². The predicted octanol–water partition coefficient (Wildman–Crippen LogP) is 3.25. The van der Waals surface area contributed by atoms with Crippen molar-refractivity contribution in [3.05, 3.63) is 77.3 Å². The van der Waals surface area contributed by atoms with E-state index < -0.39 is 24.0 Å². The number of Topliss-reactive ketones (excluding diaryl/α,β-unsaturated/α-hetero) is 1. The van der Waals surface area contributed by atoms with Crippen molar-refractivity contribution in [2.45, 2.75) is 38.5 Å². The molecule has 0 aliphatic rings. The van der Waals surface area contributed by atoms with Gasteiger partial charge < -0.3 is 25.6 Å². The summed E-state index contributed by atoms with van der Waals surface area (Å²) in [6, 6.07) is 17.5. The van der Waals surface area contributed by atoms with Crippen LogP contribution in [0.15, 0.2) is 60.7 Å². The van der Waals surface area contributed by atoms with Gasteiger partial charge in [0.05, 0.1) is 0 Å². The minimum Gasteiger partial charge on any atom is -0.445 e. The van der Waals surface area contributed by atoms with Crippen molar-refractivity contribution in [2.24, 2.45) is 0 Å². The average Bonchev–Trinajstić information content (AvgIpc) is 2.82. The number of alkyl carbamates (subject to hydrolysis) is 2. The molecule has 0 aliphatic carbocycles. The lowest BCUT2D eigenvalue weighted by Crippen LogP contribution is -2.41. The van der Waals surface area contributed by atoms with Crippen molar-refractivity contribution in [3.63, 3.8) is 0 Å². The number of amides is 2. The monoisotopic (exact) mass is 438 g/mol. The van der Waals surface area contributed by atoms with Crippen LogP contribution in [0.25, 0.3) is 5.53 Å². The molecule has 0 heterocycles. The molecule has 1 atom stereocenters. The van der Waals surface area contributed by atoms with Gasteiger partial charge in [-0.05, 0) is 30.4 Å². The maximum atomic E-state index is 12.1. The molecule has 0 aromatic heterocycles. The Morgan fingerprint density at radius 2 is 1.44 bits per heavy atom. The molecular weight excluding hydrogens is 412 g/mol. The number of rotatable bonds is 12. The van der Waals surface area contributed by atoms with Gasteiger partial charge >= 0.3 is 18.4 Å². The number of hydrogen-bond donors (Lipinski definition) is 2. The summed E-state index contributed by atoms with van der Waals surface area (Å²) in [6.07, 6.45) is 0.819. The molecule has 0 fully saturated rings. The highest BCUT2D eigenvalue weighted by Crippen LogP contribution is 2.05. The topological polar surface area (TPSA) is 130 Å². The Balaban J connectivity index is 1.68. The lowest BCUT2D eigenvalue weighted by Gasteiger charge is -2.15. The van der Waals surface area contributed by atoms with E-state index in [1.165, 1.54) is 0 Å². The number of unbranched alkanes of at least 4 members (excludes halogenated alkanes) is 1. The molecule has 9 heteroatoms. The fourth-order valence-electron chi connectivity index (χ4n) is 2.78. The highest BCUT2D eigenvalue weighted by molar-refractivity contribution is 6.28. The predicted molar refractivity (Wildman–Crippen MR) is 117 cm³/mol. The molecule has 0 aliphatic heterocycles. The summed E-state index contributed by atoms with van der Waals surface area (Å²) in [7, 11) is 0. The molecule has 0 radical (unpaired) electrons. The molecule has 0 saturated heterocycles. The van der Waals surface area contributed by atoms with E-state index in [1.807, 2.05) is 60.7 Å². The van der Waals surface area contributed by atoms with Crippen LogP contribution in [0.1, 0.15) is 30.4 Å². The van der Waals surface area contributed by atoms with Gasteiger partial charge in [-0.1, -0.05) is 60.7 Å². The van der Waals surface area contributed by atoms with Crippen molar-refractivity contribution in [2.75, 3.05) is 6.54 Å². The van der Waals surface area contributed by atoms with Crippen LogP contribution in [0.3, 0.4) is 0 Å². The number of carbonyl (C=O) groups is 3. The molecule has 2 amide bonds. The van der Waals surface area contributed by atoms with E-state index in [2.05, 4.69) is 15.4 Å². The second-order valence-electron chi connectivity index (χ2n) is 6.89. The molecule has 32 heavy (non-hydrogen) atoms. The van der Waals surface area contributed by atoms with Crippen LogP contribution < -0.4 is 10.6 Å². The van der Waals surface area contributed by atoms with E-state index in [4.69, 9.17) is 15.0 Å². The Morgan fingerprint density at radius 3 is 2.00 bits per heavy atom. The largest absolute Gasteiger partial charge is 0.445 e. The summed E-state index contributed by atoms with van der Waals surface area (Å²) in [5.74, 6) is -0.556. The zero-order valence-corrected chi connectivity index (χ0v) is 17.6. The lowest BCUT2D eigenvalue weighted by atomic mass is 10.1. The number of ketones is 1. The van der Waals surface area contributed by atoms with Crippen LogP contribution in [0, 0.1) is 0 Å². The third kappa shape index (κ3) is 9.69. The van der Waals surface area contributed by atoms with E-state index >= 15 is 0 Å². The molecule has 9 nitrogen and oxygen atoms in total. The fourth-order valence-corrected chi connectivity index (χ4v) is 2.78. The summed E-state index contributed by atoms with van der Waals surface area (Å²) in [5.41, 5.74) is 10.3. The van der Waals surface area contributed by atoms with E-state index in [-0.39, 0.29) is 19.6 Å². The number of benzene rings is 2. The van der Waals surface area contributed by atoms with Crippen molar-refractivity contribution >= 4 is 24.2 Å². The van der Waals surface area contributed by atoms with Crippen molar-refractivity contribution in [1.29, 1.82) is 0 Å². The Kier molecular flexibility index (Phi) is 10.7. The van der Waals surface area contributed by atoms with Gasteiger partial charge in [0.2, 0.25) is 0 Å². The summed E-state index contributed by atoms with van der Waals surface area (Å²) < 4.78 is 10.2. The molecule has 2 aromatic rings. The second kappa shape index (κ2) is 14.1. The SMILES string of the molecule is [N-]=[N+]=CC(=O)[C@H](CCCCNC(=O)OCc1ccccc1)NC(=O)OCc1ccccc1. The molecule has 0 unspecified atom stereocenters. The zero-order valence-electron chi connectivity index (χ0n) is 17.6. The van der Waals surface area contributed by atoms with Crippen molar-refractivity contribution in [3.8, 4) is 0 Å². The Morgan fingerprint density at radius 1 is 0.875 bits per heavy atom. The van der Waals surface area contributed by atoms with Crippen LogP contribution in [-0.2, 0) is 27.5 Å². The van der Waals surface area contributed by atoms with Gasteiger partial charge in [-0.2, -0.15) is 4.79 Å². The van der Waals surface area contributed by atoms with E-state index in [0.717, 1.165) is 17.3 Å². The van der Waals surface area contributed by atoms with E-state index in [9.17, 15) is 14.4 Å². The van der Waals surface area contributed by atoms with Crippen molar-refractivity contribution < 1.29 is 28.6 Å². The number of hydrogen-bond acceptors (Lipinski definition) is 5. The molecule has 2 aromatic carbocycles. The normalized spacial score (nSPS) is 10.9. The van der Waals surface area contributed by atoms with Crippen LogP contribution in [-0.4, -0.2) is 41.6 Å². The Bertz CT molecular complexity index is 914. The first-order valence-corrected chi connectivity index (χ1v) is 10.2. The van der Waals surface area contributed by atoms with Crippen molar-refractivity contribution in [1.82, 2.24) is 10.6 Å². The van der Waals surface area contributed by atoms with Crippen LogP contribution in [0.4, 0.5) is 9.59 Å². The molecule has 0 bridgehead atoms. The molecule has 2 N–H and O–H groups in total. The van der Waals surface area contributed by atoms with Crippen LogP contribution in [0.2, 0.25) is 0 Å². The van der Waals surface area contributed by atoms with Gasteiger partial charge in [-0.3, -0.25) is 4.79 Å². The number of nitrogens with one attached hydrogen (secondary N) is 2. The maximum Gasteiger partial charge on any atom is 0.408 e. The average molecular weight is 438 g/mol. The molecule has 0 saturated carbocycles. The Hall–Kier alpha value is -3.97. The maximum absolute atomic E-state index is 12.1. The van der Waals surface area contributed by atoms with Gasteiger partial charge in [0.25, 0.3) is 5.78 Å². The first kappa shape index (κ1) is 24.3. The molecule has 0 spiro atoms. The van der Waals surface area contributed by atoms with Gasteiger partial charge in [-0.25, -0.2) is 9.59 Å². The molecular formula is C23H26N4O5.